The molecular weight excluding hydrogens is 316 g/mol. The highest BCUT2D eigenvalue weighted by Crippen LogP contribution is 2.15. The Kier molecular flexibility index (Phi) is 6.74. The number of amides is 3. The summed E-state index contributed by atoms with van der Waals surface area (Å²) in [6, 6.07) is -0.997. The maximum absolute atomic E-state index is 12.3. The van der Waals surface area contributed by atoms with Gasteiger partial charge in [-0.1, -0.05) is 13.8 Å². The third kappa shape index (κ3) is 6.55. The van der Waals surface area contributed by atoms with Gasteiger partial charge in [-0.3, -0.25) is 9.59 Å². The number of nitrogens with one attached hydrogen (secondary N) is 1. The SMILES string of the molecule is CC(C)CC[C@H](NC(=O)OC(C)(C)C)C(=O)ON1C(=O)CCC1=O. The highest BCUT2D eigenvalue weighted by molar-refractivity contribution is 6.01. The lowest BCUT2D eigenvalue weighted by molar-refractivity contribution is -0.199. The summed E-state index contributed by atoms with van der Waals surface area (Å²) in [4.78, 5) is 52.1. The van der Waals surface area contributed by atoms with Crippen LogP contribution >= 0.6 is 0 Å². The molecule has 8 heteroatoms. The predicted molar refractivity (Wildman–Crippen MR) is 84.4 cm³/mol. The van der Waals surface area contributed by atoms with E-state index in [0.29, 0.717) is 23.8 Å². The molecule has 1 saturated heterocycles. The number of nitrogens with zero attached hydrogens (tertiary/aromatic N) is 1. The number of imide groups is 1. The van der Waals surface area contributed by atoms with E-state index in [0.717, 1.165) is 0 Å². The molecule has 1 rings (SSSR count). The van der Waals surface area contributed by atoms with Gasteiger partial charge >= 0.3 is 12.1 Å². The Morgan fingerprint density at radius 1 is 1.12 bits per heavy atom. The Bertz CT molecular complexity index is 493. The first kappa shape index (κ1) is 19.9. The summed E-state index contributed by atoms with van der Waals surface area (Å²) in [5, 5.41) is 2.92. The van der Waals surface area contributed by atoms with Crippen molar-refractivity contribution in [3.63, 3.8) is 0 Å². The second kappa shape index (κ2) is 8.12. The van der Waals surface area contributed by atoms with Crippen LogP contribution in [-0.2, 0) is 24.0 Å². The number of hydrogen-bond donors (Lipinski definition) is 1. The lowest BCUT2D eigenvalue weighted by Gasteiger charge is -2.24. The normalized spacial score (nSPS) is 16.3. The Morgan fingerprint density at radius 2 is 1.67 bits per heavy atom. The third-order valence-electron chi connectivity index (χ3n) is 3.20. The summed E-state index contributed by atoms with van der Waals surface area (Å²) < 4.78 is 5.13. The standard InChI is InChI=1S/C16H26N2O6/c1-10(2)6-7-11(17-15(22)23-16(3,4)5)14(21)24-18-12(19)8-9-13(18)20/h10-11H,6-9H2,1-5H3,(H,17,22)/t11-/m0/s1. The highest BCUT2D eigenvalue weighted by atomic mass is 16.7. The summed E-state index contributed by atoms with van der Waals surface area (Å²) in [6.07, 6.45) is 0.237. The molecule has 1 heterocycles. The molecule has 1 atom stereocenters. The van der Waals surface area contributed by atoms with Crippen molar-refractivity contribution in [2.75, 3.05) is 0 Å². The van der Waals surface area contributed by atoms with Crippen molar-refractivity contribution in [3.8, 4) is 0 Å². The van der Waals surface area contributed by atoms with E-state index in [1.807, 2.05) is 13.8 Å². The number of carbonyl (C=O) groups excluding carboxylic acids is 4. The maximum atomic E-state index is 12.3. The molecule has 0 bridgehead atoms. The van der Waals surface area contributed by atoms with Crippen LogP contribution in [0.15, 0.2) is 0 Å². The van der Waals surface area contributed by atoms with E-state index in [2.05, 4.69) is 5.32 Å². The molecule has 1 fully saturated rings. The van der Waals surface area contributed by atoms with E-state index in [9.17, 15) is 19.2 Å². The zero-order valence-electron chi connectivity index (χ0n) is 14.9. The van der Waals surface area contributed by atoms with Gasteiger partial charge in [-0.25, -0.2) is 9.59 Å². The molecule has 1 N–H and O–H groups in total. The summed E-state index contributed by atoms with van der Waals surface area (Å²) >= 11 is 0. The van der Waals surface area contributed by atoms with E-state index in [1.165, 1.54) is 0 Å². The molecule has 1 aliphatic heterocycles. The zero-order chi connectivity index (χ0) is 18.5. The minimum atomic E-state index is -0.997. The van der Waals surface area contributed by atoms with Crippen LogP contribution < -0.4 is 5.32 Å². The van der Waals surface area contributed by atoms with Gasteiger partial charge in [-0.2, -0.15) is 0 Å². The van der Waals surface area contributed by atoms with Gasteiger partial charge in [0.25, 0.3) is 11.8 Å². The van der Waals surface area contributed by atoms with E-state index in [1.54, 1.807) is 20.8 Å². The van der Waals surface area contributed by atoms with Gasteiger partial charge in [0.1, 0.15) is 11.6 Å². The van der Waals surface area contributed by atoms with Gasteiger partial charge in [-0.05, 0) is 39.5 Å². The number of ether oxygens (including phenoxy) is 1. The van der Waals surface area contributed by atoms with Crippen molar-refractivity contribution < 1.29 is 28.8 Å². The van der Waals surface area contributed by atoms with Crippen LogP contribution in [0.1, 0.15) is 60.3 Å². The van der Waals surface area contributed by atoms with Crippen molar-refractivity contribution >= 4 is 23.9 Å². The van der Waals surface area contributed by atoms with Crippen LogP contribution in [0.4, 0.5) is 4.79 Å². The van der Waals surface area contributed by atoms with Gasteiger partial charge in [0.15, 0.2) is 0 Å². The smallest absolute Gasteiger partial charge is 0.408 e. The van der Waals surface area contributed by atoms with Gasteiger partial charge in [0.2, 0.25) is 0 Å². The van der Waals surface area contributed by atoms with Gasteiger partial charge in [0.05, 0.1) is 0 Å². The Morgan fingerprint density at radius 3 is 2.12 bits per heavy atom. The molecular formula is C16H26N2O6. The van der Waals surface area contributed by atoms with Crippen molar-refractivity contribution in [2.24, 2.45) is 5.92 Å². The number of alkyl carbamates (subject to hydrolysis) is 1. The molecule has 0 saturated carbocycles. The lowest BCUT2D eigenvalue weighted by Crippen LogP contribution is -2.47. The van der Waals surface area contributed by atoms with Gasteiger partial charge in [0, 0.05) is 12.8 Å². The lowest BCUT2D eigenvalue weighted by atomic mass is 10.0. The molecule has 3 amide bonds. The molecule has 0 aromatic carbocycles. The topological polar surface area (TPSA) is 102 Å². The van der Waals surface area contributed by atoms with Gasteiger partial charge < -0.3 is 14.9 Å². The number of hydrogen-bond acceptors (Lipinski definition) is 6. The van der Waals surface area contributed by atoms with Gasteiger partial charge in [-0.15, -0.1) is 5.06 Å². The summed E-state index contributed by atoms with van der Waals surface area (Å²) in [5.74, 6) is -1.68. The minimum absolute atomic E-state index is 0.0161. The molecule has 0 aromatic heterocycles. The van der Waals surface area contributed by atoms with Crippen LogP contribution in [0.2, 0.25) is 0 Å². The molecule has 136 valence electrons. The fraction of sp³-hybridized carbons (Fsp3) is 0.750. The highest BCUT2D eigenvalue weighted by Gasteiger charge is 2.35. The Labute approximate surface area is 141 Å². The fourth-order valence-corrected chi connectivity index (χ4v) is 2.01. The Hall–Kier alpha value is -2.12. The van der Waals surface area contributed by atoms with E-state index >= 15 is 0 Å². The van der Waals surface area contributed by atoms with Crippen LogP contribution in [-0.4, -0.2) is 40.6 Å². The Balaban J connectivity index is 2.72. The minimum Gasteiger partial charge on any atom is -0.444 e. The number of carbonyl (C=O) groups is 4. The molecule has 0 spiro atoms. The average molecular weight is 342 g/mol. The molecule has 24 heavy (non-hydrogen) atoms. The monoisotopic (exact) mass is 342 g/mol. The molecule has 1 aliphatic rings. The summed E-state index contributed by atoms with van der Waals surface area (Å²) in [6.45, 7) is 9.06. The first-order valence-corrected chi connectivity index (χ1v) is 8.06. The van der Waals surface area contributed by atoms with Crippen LogP contribution in [0.3, 0.4) is 0 Å². The molecule has 0 radical (unpaired) electrons. The zero-order valence-corrected chi connectivity index (χ0v) is 14.9. The van der Waals surface area contributed by atoms with E-state index in [-0.39, 0.29) is 12.8 Å². The second-order valence-corrected chi connectivity index (χ2v) is 7.16. The maximum Gasteiger partial charge on any atom is 0.408 e. The van der Waals surface area contributed by atoms with Crippen molar-refractivity contribution in [2.45, 2.75) is 71.9 Å². The van der Waals surface area contributed by atoms with Crippen LogP contribution in [0.5, 0.6) is 0 Å². The fourth-order valence-electron chi connectivity index (χ4n) is 2.01. The molecule has 0 aromatic rings. The average Bonchev–Trinajstić information content (AvgIpc) is 2.73. The molecule has 0 unspecified atom stereocenters. The molecule has 8 nitrogen and oxygen atoms in total. The number of rotatable bonds is 6. The van der Waals surface area contributed by atoms with Crippen molar-refractivity contribution in [1.82, 2.24) is 10.4 Å². The quantitative estimate of drug-likeness (QED) is 0.740. The molecule has 0 aliphatic carbocycles. The first-order chi connectivity index (χ1) is 11.0. The first-order valence-electron chi connectivity index (χ1n) is 8.06. The summed E-state index contributed by atoms with van der Waals surface area (Å²) in [5.41, 5.74) is -0.711. The number of hydroxylamine groups is 2. The van der Waals surface area contributed by atoms with Crippen LogP contribution in [0, 0.1) is 5.92 Å². The van der Waals surface area contributed by atoms with Crippen molar-refractivity contribution in [1.29, 1.82) is 0 Å². The largest absolute Gasteiger partial charge is 0.444 e. The van der Waals surface area contributed by atoms with Crippen LogP contribution in [0.25, 0.3) is 0 Å². The second-order valence-electron chi connectivity index (χ2n) is 7.16. The van der Waals surface area contributed by atoms with Crippen molar-refractivity contribution in [3.05, 3.63) is 0 Å². The van der Waals surface area contributed by atoms with E-state index < -0.39 is 35.5 Å². The third-order valence-corrected chi connectivity index (χ3v) is 3.20. The summed E-state index contributed by atoms with van der Waals surface area (Å²) in [7, 11) is 0. The predicted octanol–water partition coefficient (Wildman–Crippen LogP) is 1.92. The van der Waals surface area contributed by atoms with E-state index in [4.69, 9.17) is 9.57 Å².